The van der Waals surface area contributed by atoms with Crippen molar-refractivity contribution in [3.8, 4) is 22.3 Å². The summed E-state index contributed by atoms with van der Waals surface area (Å²) in [5.74, 6) is 0. The SMILES string of the molecule is [2H]c1c([2H])c([2H])c(-c2ccc3[nH]c4c(cc(-c5c([2H])c([2H])c([2H])c([2H])c5[2H])c5c6ccccc6sc45)c3c2)c([2H])c1[2H]. The summed E-state index contributed by atoms with van der Waals surface area (Å²) in [6, 6.07) is 11.1. The van der Waals surface area contributed by atoms with Gasteiger partial charge in [0.15, 0.2) is 0 Å². The molecule has 0 spiro atoms. The quantitative estimate of drug-likeness (QED) is 0.279. The smallest absolute Gasteiger partial charge is 0.0646 e. The topological polar surface area (TPSA) is 15.8 Å². The van der Waals surface area contributed by atoms with Crippen molar-refractivity contribution in [3.63, 3.8) is 0 Å². The van der Waals surface area contributed by atoms with Gasteiger partial charge in [0.2, 0.25) is 0 Å². The first-order valence-electron chi connectivity index (χ1n) is 15.1. The Morgan fingerprint density at radius 2 is 1.41 bits per heavy atom. The molecule has 0 saturated carbocycles. The summed E-state index contributed by atoms with van der Waals surface area (Å²) >= 11 is 1.53. The maximum atomic E-state index is 8.72. The second-order valence-electron chi connectivity index (χ2n) is 7.53. The fourth-order valence-corrected chi connectivity index (χ4v) is 5.61. The number of aromatic amines is 1. The number of fused-ring (bicyclic) bond motifs is 7. The lowest BCUT2D eigenvalue weighted by Crippen LogP contribution is -1.81. The van der Waals surface area contributed by atoms with Gasteiger partial charge in [-0.3, -0.25) is 0 Å². The van der Waals surface area contributed by atoms with E-state index >= 15 is 0 Å². The molecule has 0 fully saturated rings. The Bertz CT molecular complexity index is 2260. The monoisotopic (exact) mass is 435 g/mol. The Kier molecular flexibility index (Phi) is 2.26. The fourth-order valence-electron chi connectivity index (χ4n) is 4.38. The van der Waals surface area contributed by atoms with Crippen LogP contribution in [0.5, 0.6) is 0 Å². The number of rotatable bonds is 2. The molecule has 2 aromatic heterocycles. The van der Waals surface area contributed by atoms with E-state index < -0.39 is 36.3 Å². The minimum absolute atomic E-state index is 0.0889. The van der Waals surface area contributed by atoms with Crippen LogP contribution in [-0.2, 0) is 0 Å². The second-order valence-corrected chi connectivity index (χ2v) is 8.59. The van der Waals surface area contributed by atoms with Crippen LogP contribution in [0, 0.1) is 0 Å². The fraction of sp³-hybridized carbons (Fsp3) is 0. The summed E-state index contributed by atoms with van der Waals surface area (Å²) in [6.45, 7) is 0. The van der Waals surface area contributed by atoms with Crippen molar-refractivity contribution >= 4 is 53.3 Å². The van der Waals surface area contributed by atoms with Gasteiger partial charge >= 0.3 is 0 Å². The largest absolute Gasteiger partial charge is 0.353 e. The summed E-state index contributed by atoms with van der Waals surface area (Å²) in [7, 11) is 0. The molecule has 0 saturated heterocycles. The molecule has 2 heterocycles. The number of hydrogen-bond donors (Lipinski definition) is 1. The Balaban J connectivity index is 1.64. The Morgan fingerprint density at radius 3 is 2.22 bits per heavy atom. The maximum absolute atomic E-state index is 8.72. The first-order valence-corrected chi connectivity index (χ1v) is 10.9. The molecule has 32 heavy (non-hydrogen) atoms. The highest BCUT2D eigenvalue weighted by atomic mass is 32.1. The zero-order valence-electron chi connectivity index (χ0n) is 26.5. The minimum Gasteiger partial charge on any atom is -0.353 e. The van der Waals surface area contributed by atoms with Crippen molar-refractivity contribution in [1.29, 1.82) is 0 Å². The predicted molar refractivity (Wildman–Crippen MR) is 140 cm³/mol. The lowest BCUT2D eigenvalue weighted by atomic mass is 9.96. The van der Waals surface area contributed by atoms with E-state index in [1.807, 2.05) is 30.3 Å². The molecule has 7 aromatic rings. The number of hydrogen-bond acceptors (Lipinski definition) is 1. The third-order valence-electron chi connectivity index (χ3n) is 5.78. The van der Waals surface area contributed by atoms with Gasteiger partial charge in [-0.05, 0) is 46.5 Å². The number of H-pyrrole nitrogens is 1. The number of benzene rings is 5. The molecular formula is C30H19NS. The first-order chi connectivity index (χ1) is 20.0. The third kappa shape index (κ3) is 2.57. The van der Waals surface area contributed by atoms with Gasteiger partial charge in [-0.1, -0.05) is 84.7 Å². The summed E-state index contributed by atoms with van der Waals surface area (Å²) in [6.07, 6.45) is 0. The van der Waals surface area contributed by atoms with Crippen LogP contribution in [0.1, 0.15) is 13.7 Å². The highest BCUT2D eigenvalue weighted by molar-refractivity contribution is 7.26. The van der Waals surface area contributed by atoms with E-state index in [9.17, 15) is 0 Å². The van der Waals surface area contributed by atoms with Gasteiger partial charge in [-0.15, -0.1) is 11.3 Å². The molecule has 0 radical (unpaired) electrons. The zero-order valence-corrected chi connectivity index (χ0v) is 17.3. The molecule has 0 aliphatic rings. The summed E-state index contributed by atoms with van der Waals surface area (Å²) < 4.78 is 85.1. The molecular weight excluding hydrogens is 406 g/mol. The van der Waals surface area contributed by atoms with Gasteiger partial charge in [-0.25, -0.2) is 0 Å². The minimum atomic E-state index is -0.461. The highest BCUT2D eigenvalue weighted by Gasteiger charge is 2.17. The van der Waals surface area contributed by atoms with Gasteiger partial charge in [-0.2, -0.15) is 0 Å². The summed E-state index contributed by atoms with van der Waals surface area (Å²) in [5, 5.41) is 3.11. The highest BCUT2D eigenvalue weighted by Crippen LogP contribution is 2.45. The number of nitrogens with one attached hydrogen (secondary N) is 1. The maximum Gasteiger partial charge on any atom is 0.0646 e. The average Bonchev–Trinajstić information content (AvgIpc) is 3.56. The molecule has 0 unspecified atom stereocenters. The van der Waals surface area contributed by atoms with Gasteiger partial charge < -0.3 is 4.98 Å². The van der Waals surface area contributed by atoms with Gasteiger partial charge in [0.25, 0.3) is 0 Å². The second kappa shape index (κ2) is 6.81. The van der Waals surface area contributed by atoms with Crippen molar-refractivity contribution in [2.45, 2.75) is 0 Å². The third-order valence-corrected chi connectivity index (χ3v) is 6.97. The standard InChI is InChI=1S/C30H19NS/c1-3-9-19(10-4-1)21-15-16-26-24(17-21)25-18-23(20-11-5-2-6-12-20)28-22-13-7-8-14-27(22)32-30(28)29(25)31-26/h1-18,31H/i1D,2D,3D,4D,5D,6D,9D,10D,11D,12D. The van der Waals surface area contributed by atoms with Crippen molar-refractivity contribution in [2.75, 3.05) is 0 Å². The normalized spacial score (nSPS) is 16.1. The summed E-state index contributed by atoms with van der Waals surface area (Å²) in [5.41, 5.74) is 2.69. The van der Waals surface area contributed by atoms with E-state index in [1.54, 1.807) is 18.2 Å². The predicted octanol–water partition coefficient (Wildman–Crippen LogP) is 9.02. The molecule has 0 aliphatic carbocycles. The molecule has 0 aliphatic heterocycles. The molecule has 5 aromatic carbocycles. The van der Waals surface area contributed by atoms with E-state index in [1.165, 1.54) is 11.3 Å². The Hall–Kier alpha value is -3.88. The molecule has 1 nitrogen and oxygen atoms in total. The average molecular weight is 436 g/mol. The van der Waals surface area contributed by atoms with Gasteiger partial charge in [0.05, 0.1) is 23.9 Å². The van der Waals surface area contributed by atoms with E-state index in [4.69, 9.17) is 13.7 Å². The van der Waals surface area contributed by atoms with E-state index in [2.05, 4.69) is 4.98 Å². The van der Waals surface area contributed by atoms with Crippen LogP contribution >= 0.6 is 11.3 Å². The van der Waals surface area contributed by atoms with Crippen molar-refractivity contribution in [3.05, 3.63) is 109 Å². The number of thiophene rings is 1. The van der Waals surface area contributed by atoms with Crippen LogP contribution in [0.4, 0.5) is 0 Å². The van der Waals surface area contributed by atoms with Crippen molar-refractivity contribution < 1.29 is 13.7 Å². The molecule has 1 N–H and O–H groups in total. The van der Waals surface area contributed by atoms with Crippen LogP contribution in [0.25, 0.3) is 64.2 Å². The zero-order chi connectivity index (χ0) is 29.8. The van der Waals surface area contributed by atoms with Crippen LogP contribution in [-0.4, -0.2) is 4.98 Å². The van der Waals surface area contributed by atoms with Crippen LogP contribution in [0.15, 0.2) is 109 Å². The van der Waals surface area contributed by atoms with Crippen molar-refractivity contribution in [1.82, 2.24) is 4.98 Å². The Labute approximate surface area is 203 Å². The Morgan fingerprint density at radius 1 is 0.656 bits per heavy atom. The molecule has 0 atom stereocenters. The molecule has 2 heteroatoms. The van der Waals surface area contributed by atoms with Gasteiger partial charge in [0, 0.05) is 31.8 Å². The van der Waals surface area contributed by atoms with E-state index in [0.29, 0.717) is 16.5 Å². The van der Waals surface area contributed by atoms with Crippen LogP contribution in [0.2, 0.25) is 0 Å². The van der Waals surface area contributed by atoms with Crippen LogP contribution in [0.3, 0.4) is 0 Å². The van der Waals surface area contributed by atoms with E-state index in [-0.39, 0.29) is 35.3 Å². The van der Waals surface area contributed by atoms with E-state index in [0.717, 1.165) is 36.6 Å². The lowest BCUT2D eigenvalue weighted by Gasteiger charge is -2.07. The molecule has 0 bridgehead atoms. The van der Waals surface area contributed by atoms with Gasteiger partial charge in [0.1, 0.15) is 0 Å². The molecule has 0 amide bonds. The first kappa shape index (κ1) is 10.6. The molecule has 150 valence electrons. The number of aromatic nitrogens is 1. The van der Waals surface area contributed by atoms with Crippen LogP contribution < -0.4 is 0 Å². The summed E-state index contributed by atoms with van der Waals surface area (Å²) in [4.78, 5) is 3.48. The molecule has 7 rings (SSSR count). The lowest BCUT2D eigenvalue weighted by molar-refractivity contribution is 1.56. The van der Waals surface area contributed by atoms with Crippen molar-refractivity contribution in [2.24, 2.45) is 0 Å².